The van der Waals surface area contributed by atoms with Crippen LogP contribution in [-0.2, 0) is 4.74 Å². The van der Waals surface area contributed by atoms with Gasteiger partial charge in [-0.15, -0.1) is 0 Å². The number of rotatable bonds is 5. The fraction of sp³-hybridized carbons (Fsp3) is 0.667. The Kier molecular flexibility index (Phi) is 4.70. The molecule has 0 aliphatic rings. The number of methoxy groups -OCH3 is 1. The molecule has 0 aliphatic heterocycles. The van der Waals surface area contributed by atoms with E-state index in [4.69, 9.17) is 16.3 Å². The van der Waals surface area contributed by atoms with Crippen molar-refractivity contribution in [1.82, 2.24) is 15.0 Å². The van der Waals surface area contributed by atoms with Crippen molar-refractivity contribution in [2.45, 2.75) is 0 Å². The molecule has 0 amide bonds. The highest BCUT2D eigenvalue weighted by Crippen LogP contribution is 2.13. The summed E-state index contributed by atoms with van der Waals surface area (Å²) in [6.07, 6.45) is 0. The molecule has 6 nitrogen and oxygen atoms in total. The van der Waals surface area contributed by atoms with Crippen molar-refractivity contribution >= 4 is 23.5 Å². The van der Waals surface area contributed by atoms with Crippen molar-refractivity contribution in [2.24, 2.45) is 0 Å². The van der Waals surface area contributed by atoms with Gasteiger partial charge < -0.3 is 14.5 Å². The Labute approximate surface area is 100 Å². The molecule has 0 spiro atoms. The van der Waals surface area contributed by atoms with Gasteiger partial charge in [-0.25, -0.2) is 0 Å². The Morgan fingerprint density at radius 1 is 1.12 bits per heavy atom. The number of aromatic nitrogens is 3. The number of nitrogens with zero attached hydrogens (tertiary/aromatic N) is 5. The summed E-state index contributed by atoms with van der Waals surface area (Å²) in [4.78, 5) is 16.0. The molecular weight excluding hydrogens is 230 g/mol. The van der Waals surface area contributed by atoms with E-state index in [9.17, 15) is 0 Å². The molecule has 0 atom stereocenters. The fourth-order valence-corrected chi connectivity index (χ4v) is 1.18. The summed E-state index contributed by atoms with van der Waals surface area (Å²) in [5.41, 5.74) is 0. The maximum atomic E-state index is 5.83. The summed E-state index contributed by atoms with van der Waals surface area (Å²) in [6, 6.07) is 0. The predicted octanol–water partition coefficient (Wildman–Crippen LogP) is 0.674. The molecular formula is C9H16ClN5O. The van der Waals surface area contributed by atoms with E-state index in [2.05, 4.69) is 15.0 Å². The second-order valence-electron chi connectivity index (χ2n) is 3.51. The number of hydrogen-bond acceptors (Lipinski definition) is 6. The summed E-state index contributed by atoms with van der Waals surface area (Å²) >= 11 is 5.83. The molecule has 0 N–H and O–H groups in total. The van der Waals surface area contributed by atoms with E-state index >= 15 is 0 Å². The van der Waals surface area contributed by atoms with Gasteiger partial charge in [0.05, 0.1) is 6.61 Å². The lowest BCUT2D eigenvalue weighted by molar-refractivity contribution is 0.206. The van der Waals surface area contributed by atoms with Crippen molar-refractivity contribution in [3.05, 3.63) is 5.28 Å². The number of anilines is 2. The Bertz CT molecular complexity index is 347. The van der Waals surface area contributed by atoms with Crippen molar-refractivity contribution in [1.29, 1.82) is 0 Å². The Hall–Kier alpha value is -1.14. The lowest BCUT2D eigenvalue weighted by atomic mass is 10.6. The molecule has 0 radical (unpaired) electrons. The van der Waals surface area contributed by atoms with Gasteiger partial charge in [-0.05, 0) is 11.6 Å². The summed E-state index contributed by atoms with van der Waals surface area (Å²) in [7, 11) is 7.23. The molecule has 0 saturated carbocycles. The van der Waals surface area contributed by atoms with E-state index in [1.54, 1.807) is 12.0 Å². The average Bonchev–Trinajstić information content (AvgIpc) is 2.24. The van der Waals surface area contributed by atoms with E-state index in [1.807, 2.05) is 26.0 Å². The number of halogens is 1. The molecule has 1 rings (SSSR count). The standard InChI is InChI=1S/C9H16ClN5O/c1-14(2)8-11-7(10)12-9(13-8)15(3)5-6-16-4/h5-6H2,1-4H3. The maximum Gasteiger partial charge on any atom is 0.231 e. The normalized spacial score (nSPS) is 10.3. The van der Waals surface area contributed by atoms with Crippen molar-refractivity contribution < 1.29 is 4.74 Å². The molecule has 0 saturated heterocycles. The monoisotopic (exact) mass is 245 g/mol. The SMILES string of the molecule is COCCN(C)c1nc(Cl)nc(N(C)C)n1. The van der Waals surface area contributed by atoms with Gasteiger partial charge >= 0.3 is 0 Å². The van der Waals surface area contributed by atoms with E-state index < -0.39 is 0 Å². The van der Waals surface area contributed by atoms with Gasteiger partial charge in [0.15, 0.2) is 0 Å². The van der Waals surface area contributed by atoms with Gasteiger partial charge in [0.1, 0.15) is 0 Å². The Balaban J connectivity index is 2.86. The van der Waals surface area contributed by atoms with Crippen LogP contribution in [0.1, 0.15) is 0 Å². The third kappa shape index (κ3) is 3.46. The summed E-state index contributed by atoms with van der Waals surface area (Å²) in [6.45, 7) is 1.31. The number of hydrogen-bond donors (Lipinski definition) is 0. The molecule has 0 unspecified atom stereocenters. The van der Waals surface area contributed by atoms with Crippen LogP contribution in [0.4, 0.5) is 11.9 Å². The minimum absolute atomic E-state index is 0.193. The van der Waals surface area contributed by atoms with Gasteiger partial charge in [0.2, 0.25) is 17.2 Å². The second kappa shape index (κ2) is 5.81. The van der Waals surface area contributed by atoms with E-state index in [0.717, 1.165) is 0 Å². The van der Waals surface area contributed by atoms with Crippen LogP contribution in [0, 0.1) is 0 Å². The Morgan fingerprint density at radius 2 is 1.75 bits per heavy atom. The third-order valence-electron chi connectivity index (χ3n) is 1.96. The minimum Gasteiger partial charge on any atom is -0.383 e. The zero-order valence-corrected chi connectivity index (χ0v) is 10.7. The highest BCUT2D eigenvalue weighted by molar-refractivity contribution is 6.28. The lowest BCUT2D eigenvalue weighted by Gasteiger charge is -2.18. The third-order valence-corrected chi connectivity index (χ3v) is 2.13. The first-order chi connectivity index (χ1) is 7.54. The summed E-state index contributed by atoms with van der Waals surface area (Å²) in [5.74, 6) is 1.08. The molecule has 90 valence electrons. The summed E-state index contributed by atoms with van der Waals surface area (Å²) in [5, 5.41) is 0.193. The van der Waals surface area contributed by atoms with Gasteiger partial charge in [-0.3, -0.25) is 0 Å². The zero-order valence-electron chi connectivity index (χ0n) is 9.94. The molecule has 16 heavy (non-hydrogen) atoms. The highest BCUT2D eigenvalue weighted by Gasteiger charge is 2.10. The molecule has 0 aliphatic carbocycles. The second-order valence-corrected chi connectivity index (χ2v) is 3.85. The van der Waals surface area contributed by atoms with Crippen LogP contribution >= 0.6 is 11.6 Å². The summed E-state index contributed by atoms with van der Waals surface area (Å²) < 4.78 is 4.99. The number of ether oxygens (including phenoxy) is 1. The van der Waals surface area contributed by atoms with Crippen LogP contribution in [0.3, 0.4) is 0 Å². The minimum atomic E-state index is 0.193. The molecule has 1 heterocycles. The van der Waals surface area contributed by atoms with Gasteiger partial charge in [0, 0.05) is 34.8 Å². The first-order valence-corrected chi connectivity index (χ1v) is 5.21. The lowest BCUT2D eigenvalue weighted by Crippen LogP contribution is -2.25. The fourth-order valence-electron chi connectivity index (χ4n) is 1.03. The Morgan fingerprint density at radius 3 is 2.31 bits per heavy atom. The van der Waals surface area contributed by atoms with Crippen LogP contribution in [0.5, 0.6) is 0 Å². The average molecular weight is 246 g/mol. The van der Waals surface area contributed by atoms with Crippen LogP contribution in [0.25, 0.3) is 0 Å². The van der Waals surface area contributed by atoms with Gasteiger partial charge in [-0.2, -0.15) is 15.0 Å². The largest absolute Gasteiger partial charge is 0.383 e. The predicted molar refractivity (Wildman–Crippen MR) is 64.3 cm³/mol. The van der Waals surface area contributed by atoms with Gasteiger partial charge in [0.25, 0.3) is 0 Å². The van der Waals surface area contributed by atoms with Crippen molar-refractivity contribution in [3.63, 3.8) is 0 Å². The van der Waals surface area contributed by atoms with Crippen LogP contribution in [0.2, 0.25) is 5.28 Å². The molecule has 0 bridgehead atoms. The topological polar surface area (TPSA) is 54.4 Å². The molecule has 0 fully saturated rings. The van der Waals surface area contributed by atoms with Crippen molar-refractivity contribution in [3.8, 4) is 0 Å². The first-order valence-electron chi connectivity index (χ1n) is 4.83. The van der Waals surface area contributed by atoms with Crippen LogP contribution in [0.15, 0.2) is 0 Å². The molecule has 0 aromatic carbocycles. The van der Waals surface area contributed by atoms with Crippen LogP contribution < -0.4 is 9.80 Å². The first kappa shape index (κ1) is 12.9. The maximum absolute atomic E-state index is 5.83. The highest BCUT2D eigenvalue weighted by atomic mass is 35.5. The molecule has 1 aromatic heterocycles. The smallest absolute Gasteiger partial charge is 0.231 e. The van der Waals surface area contributed by atoms with E-state index in [1.165, 1.54) is 0 Å². The van der Waals surface area contributed by atoms with E-state index in [-0.39, 0.29) is 5.28 Å². The van der Waals surface area contributed by atoms with E-state index in [0.29, 0.717) is 25.0 Å². The number of likely N-dealkylation sites (N-methyl/N-ethyl adjacent to an activating group) is 1. The quantitative estimate of drug-likeness (QED) is 0.760. The van der Waals surface area contributed by atoms with Gasteiger partial charge in [-0.1, -0.05) is 0 Å². The van der Waals surface area contributed by atoms with Crippen molar-refractivity contribution in [2.75, 3.05) is 51.2 Å². The zero-order chi connectivity index (χ0) is 12.1. The molecule has 1 aromatic rings. The van der Waals surface area contributed by atoms with Crippen LogP contribution in [-0.4, -0.2) is 56.4 Å². The molecule has 7 heteroatoms.